The highest BCUT2D eigenvalue weighted by atomic mass is 32.2. The van der Waals surface area contributed by atoms with Crippen LogP contribution in [-0.2, 0) is 14.8 Å². The van der Waals surface area contributed by atoms with Crippen molar-refractivity contribution in [1.29, 1.82) is 0 Å². The van der Waals surface area contributed by atoms with E-state index < -0.39 is 16.1 Å². The molecule has 0 aromatic heterocycles. The number of nitrogens with one attached hydrogen (secondary N) is 1. The third kappa shape index (κ3) is 4.80. The molecule has 1 aromatic carbocycles. The molecule has 7 heteroatoms. The summed E-state index contributed by atoms with van der Waals surface area (Å²) in [4.78, 5) is 12.0. The Morgan fingerprint density at radius 1 is 1.29 bits per heavy atom. The summed E-state index contributed by atoms with van der Waals surface area (Å²) >= 11 is 0. The van der Waals surface area contributed by atoms with E-state index in [1.807, 2.05) is 13.8 Å². The molecule has 0 saturated carbocycles. The molecule has 0 aliphatic heterocycles. The second kappa shape index (κ2) is 6.55. The van der Waals surface area contributed by atoms with Crippen molar-refractivity contribution in [2.24, 2.45) is 16.8 Å². The molecule has 0 saturated heterocycles. The zero-order valence-electron chi connectivity index (χ0n) is 12.8. The molecule has 1 rings (SSSR count). The van der Waals surface area contributed by atoms with Gasteiger partial charge in [-0.3, -0.25) is 4.79 Å². The molecule has 0 aliphatic rings. The Balaban J connectivity index is 3.08. The van der Waals surface area contributed by atoms with Crippen molar-refractivity contribution in [2.45, 2.75) is 45.1 Å². The maximum absolute atomic E-state index is 12.1. The van der Waals surface area contributed by atoms with Gasteiger partial charge in [-0.25, -0.2) is 13.6 Å². The van der Waals surface area contributed by atoms with Crippen LogP contribution in [0.25, 0.3) is 0 Å². The van der Waals surface area contributed by atoms with Crippen molar-refractivity contribution >= 4 is 21.6 Å². The second-order valence-electron chi connectivity index (χ2n) is 5.68. The lowest BCUT2D eigenvalue weighted by molar-refractivity contribution is -0.117. The fourth-order valence-corrected chi connectivity index (χ4v) is 2.58. The van der Waals surface area contributed by atoms with E-state index in [1.54, 1.807) is 13.8 Å². The Morgan fingerprint density at radius 2 is 1.86 bits per heavy atom. The fraction of sp³-hybridized carbons (Fsp3) is 0.500. The van der Waals surface area contributed by atoms with Crippen LogP contribution in [0.15, 0.2) is 17.0 Å². The summed E-state index contributed by atoms with van der Waals surface area (Å²) in [5.74, 6) is -0.0397. The largest absolute Gasteiger partial charge is 0.324 e. The van der Waals surface area contributed by atoms with Crippen LogP contribution in [0.1, 0.15) is 31.4 Å². The SMILES string of the molecule is Cc1cc(S(N)(=O)=O)cc(NC(=O)C(N)CC(C)C)c1C. The van der Waals surface area contributed by atoms with Gasteiger partial charge in [0, 0.05) is 5.69 Å². The summed E-state index contributed by atoms with van der Waals surface area (Å²) in [6.45, 7) is 7.51. The molecule has 1 atom stereocenters. The molecule has 21 heavy (non-hydrogen) atoms. The Kier molecular flexibility index (Phi) is 5.49. The minimum Gasteiger partial charge on any atom is -0.324 e. The van der Waals surface area contributed by atoms with E-state index in [4.69, 9.17) is 10.9 Å². The van der Waals surface area contributed by atoms with Gasteiger partial charge in [-0.15, -0.1) is 0 Å². The van der Waals surface area contributed by atoms with Gasteiger partial charge in [-0.2, -0.15) is 0 Å². The maximum Gasteiger partial charge on any atom is 0.241 e. The first-order valence-corrected chi connectivity index (χ1v) is 8.27. The third-order valence-electron chi connectivity index (χ3n) is 3.29. The number of sulfonamides is 1. The molecule has 118 valence electrons. The van der Waals surface area contributed by atoms with Gasteiger partial charge in [0.1, 0.15) is 0 Å². The number of hydrogen-bond donors (Lipinski definition) is 3. The van der Waals surface area contributed by atoms with Crippen LogP contribution >= 0.6 is 0 Å². The van der Waals surface area contributed by atoms with Gasteiger partial charge in [0.15, 0.2) is 0 Å². The predicted molar refractivity (Wildman–Crippen MR) is 83.3 cm³/mol. The van der Waals surface area contributed by atoms with Crippen molar-refractivity contribution in [1.82, 2.24) is 0 Å². The number of carbonyl (C=O) groups is 1. The third-order valence-corrected chi connectivity index (χ3v) is 4.18. The number of benzene rings is 1. The first-order valence-electron chi connectivity index (χ1n) is 6.73. The van der Waals surface area contributed by atoms with Crippen molar-refractivity contribution in [3.8, 4) is 0 Å². The monoisotopic (exact) mass is 313 g/mol. The zero-order chi connectivity index (χ0) is 16.4. The number of aryl methyl sites for hydroxylation is 1. The summed E-state index contributed by atoms with van der Waals surface area (Å²) in [6.07, 6.45) is 0.554. The summed E-state index contributed by atoms with van der Waals surface area (Å²) < 4.78 is 22.9. The number of anilines is 1. The van der Waals surface area contributed by atoms with E-state index in [0.29, 0.717) is 18.0 Å². The molecular weight excluding hydrogens is 290 g/mol. The van der Waals surface area contributed by atoms with Crippen molar-refractivity contribution in [3.05, 3.63) is 23.3 Å². The molecule has 1 unspecified atom stereocenters. The number of amides is 1. The van der Waals surface area contributed by atoms with Crippen LogP contribution in [-0.4, -0.2) is 20.4 Å². The number of hydrogen-bond acceptors (Lipinski definition) is 4. The lowest BCUT2D eigenvalue weighted by atomic mass is 10.0. The van der Waals surface area contributed by atoms with Crippen molar-refractivity contribution in [2.75, 3.05) is 5.32 Å². The zero-order valence-corrected chi connectivity index (χ0v) is 13.6. The van der Waals surface area contributed by atoms with Crippen LogP contribution in [0.4, 0.5) is 5.69 Å². The topological polar surface area (TPSA) is 115 Å². The van der Waals surface area contributed by atoms with Crippen LogP contribution in [0.3, 0.4) is 0 Å². The molecule has 0 heterocycles. The average Bonchev–Trinajstić information content (AvgIpc) is 2.32. The minimum atomic E-state index is -3.82. The van der Waals surface area contributed by atoms with Gasteiger partial charge in [-0.05, 0) is 49.4 Å². The van der Waals surface area contributed by atoms with E-state index in [1.165, 1.54) is 12.1 Å². The number of carbonyl (C=O) groups excluding carboxylic acids is 1. The number of nitrogens with two attached hydrogens (primary N) is 2. The highest BCUT2D eigenvalue weighted by Crippen LogP contribution is 2.23. The first-order chi connectivity index (χ1) is 9.52. The van der Waals surface area contributed by atoms with Crippen LogP contribution in [0, 0.1) is 19.8 Å². The Labute approximate surface area is 126 Å². The Hall–Kier alpha value is -1.44. The van der Waals surface area contributed by atoms with Gasteiger partial charge < -0.3 is 11.1 Å². The van der Waals surface area contributed by atoms with E-state index in [-0.39, 0.29) is 10.8 Å². The maximum atomic E-state index is 12.1. The van der Waals surface area contributed by atoms with E-state index in [2.05, 4.69) is 5.32 Å². The molecule has 1 aromatic rings. The van der Waals surface area contributed by atoms with E-state index in [0.717, 1.165) is 11.1 Å². The van der Waals surface area contributed by atoms with Crippen LogP contribution in [0.5, 0.6) is 0 Å². The molecule has 0 fully saturated rings. The quantitative estimate of drug-likeness (QED) is 0.759. The summed E-state index contributed by atoms with van der Waals surface area (Å²) in [5, 5.41) is 7.82. The second-order valence-corrected chi connectivity index (χ2v) is 7.24. The minimum absolute atomic E-state index is 0.0293. The molecular formula is C14H23N3O3S. The smallest absolute Gasteiger partial charge is 0.241 e. The van der Waals surface area contributed by atoms with Crippen LogP contribution < -0.4 is 16.2 Å². The van der Waals surface area contributed by atoms with Gasteiger partial charge >= 0.3 is 0 Å². The van der Waals surface area contributed by atoms with E-state index in [9.17, 15) is 13.2 Å². The summed E-state index contributed by atoms with van der Waals surface area (Å²) in [6, 6.07) is 2.20. The standard InChI is InChI=1S/C14H23N3O3S/c1-8(2)5-12(15)14(18)17-13-7-11(21(16,19)20)6-9(3)10(13)4/h6-8,12H,5,15H2,1-4H3,(H,17,18)(H2,16,19,20). The van der Waals surface area contributed by atoms with Crippen molar-refractivity contribution < 1.29 is 13.2 Å². The molecule has 6 nitrogen and oxygen atoms in total. The summed E-state index contributed by atoms with van der Waals surface area (Å²) in [5.41, 5.74) is 7.76. The number of primary sulfonamides is 1. The van der Waals surface area contributed by atoms with Crippen LogP contribution in [0.2, 0.25) is 0 Å². The van der Waals surface area contributed by atoms with Gasteiger partial charge in [-0.1, -0.05) is 13.8 Å². The Bertz CT molecular complexity index is 639. The molecule has 5 N–H and O–H groups in total. The molecule has 0 aliphatic carbocycles. The molecule has 0 spiro atoms. The normalized spacial score (nSPS) is 13.3. The highest BCUT2D eigenvalue weighted by molar-refractivity contribution is 7.89. The first kappa shape index (κ1) is 17.6. The highest BCUT2D eigenvalue weighted by Gasteiger charge is 2.18. The fourth-order valence-electron chi connectivity index (χ4n) is 1.96. The predicted octanol–water partition coefficient (Wildman–Crippen LogP) is 1.26. The molecule has 0 radical (unpaired) electrons. The van der Waals surface area contributed by atoms with Gasteiger partial charge in [0.2, 0.25) is 15.9 Å². The number of rotatable bonds is 5. The van der Waals surface area contributed by atoms with E-state index >= 15 is 0 Å². The lowest BCUT2D eigenvalue weighted by Crippen LogP contribution is -2.36. The molecule has 1 amide bonds. The van der Waals surface area contributed by atoms with Crippen molar-refractivity contribution in [3.63, 3.8) is 0 Å². The average molecular weight is 313 g/mol. The lowest BCUT2D eigenvalue weighted by Gasteiger charge is -2.17. The Morgan fingerprint density at radius 3 is 2.33 bits per heavy atom. The van der Waals surface area contributed by atoms with Gasteiger partial charge in [0.25, 0.3) is 0 Å². The van der Waals surface area contributed by atoms with Gasteiger partial charge in [0.05, 0.1) is 10.9 Å². The molecule has 0 bridgehead atoms. The summed E-state index contributed by atoms with van der Waals surface area (Å²) in [7, 11) is -3.82.